The lowest BCUT2D eigenvalue weighted by atomic mass is 10.0. The van der Waals surface area contributed by atoms with Gasteiger partial charge in [0.15, 0.2) is 0 Å². The van der Waals surface area contributed by atoms with Crippen LogP contribution in [0.4, 0.5) is 10.1 Å². The van der Waals surface area contributed by atoms with Gasteiger partial charge in [0.1, 0.15) is 5.82 Å². The van der Waals surface area contributed by atoms with Crippen molar-refractivity contribution in [3.63, 3.8) is 0 Å². The zero-order valence-corrected chi connectivity index (χ0v) is 13.1. The standard InChI is InChI=1S/C18H16FN3O2/c1-11-14(8-17(23)24)18(21-10-12-3-2-6-20-9-12)15-7-13(19)4-5-16(15)22-11/h2-7,9H,8,10H2,1H3,(H,21,22)(H,23,24). The van der Waals surface area contributed by atoms with E-state index in [1.807, 2.05) is 12.1 Å². The third-order valence-corrected chi connectivity index (χ3v) is 3.77. The van der Waals surface area contributed by atoms with Crippen LogP contribution in [-0.2, 0) is 17.8 Å². The topological polar surface area (TPSA) is 75.1 Å². The number of halogens is 1. The first-order valence-corrected chi connectivity index (χ1v) is 7.48. The summed E-state index contributed by atoms with van der Waals surface area (Å²) < 4.78 is 13.7. The molecule has 0 aliphatic rings. The van der Waals surface area contributed by atoms with Crippen LogP contribution >= 0.6 is 0 Å². The second-order valence-corrected chi connectivity index (χ2v) is 5.50. The molecule has 0 amide bonds. The van der Waals surface area contributed by atoms with E-state index in [2.05, 4.69) is 15.3 Å². The van der Waals surface area contributed by atoms with E-state index in [-0.39, 0.29) is 12.2 Å². The predicted molar refractivity (Wildman–Crippen MR) is 89.3 cm³/mol. The molecule has 0 radical (unpaired) electrons. The summed E-state index contributed by atoms with van der Waals surface area (Å²) in [6.45, 7) is 2.21. The van der Waals surface area contributed by atoms with E-state index >= 15 is 0 Å². The lowest BCUT2D eigenvalue weighted by molar-refractivity contribution is -0.136. The fourth-order valence-electron chi connectivity index (χ4n) is 2.66. The summed E-state index contributed by atoms with van der Waals surface area (Å²) in [5, 5.41) is 13.0. The highest BCUT2D eigenvalue weighted by atomic mass is 19.1. The molecule has 0 aliphatic heterocycles. The number of rotatable bonds is 5. The SMILES string of the molecule is Cc1nc2ccc(F)cc2c(NCc2cccnc2)c1CC(=O)O. The lowest BCUT2D eigenvalue weighted by Crippen LogP contribution is -2.10. The second kappa shape index (κ2) is 6.62. The highest BCUT2D eigenvalue weighted by Crippen LogP contribution is 2.30. The van der Waals surface area contributed by atoms with Gasteiger partial charge in [-0.3, -0.25) is 14.8 Å². The van der Waals surface area contributed by atoms with Gasteiger partial charge in [0.05, 0.1) is 11.9 Å². The number of aromatic nitrogens is 2. The van der Waals surface area contributed by atoms with Crippen molar-refractivity contribution in [1.82, 2.24) is 9.97 Å². The highest BCUT2D eigenvalue weighted by Gasteiger charge is 2.16. The molecule has 5 nitrogen and oxygen atoms in total. The molecule has 2 heterocycles. The number of aliphatic carboxylic acids is 1. The number of pyridine rings is 2. The molecule has 6 heteroatoms. The third kappa shape index (κ3) is 3.32. The number of carboxylic acids is 1. The molecule has 2 N–H and O–H groups in total. The van der Waals surface area contributed by atoms with Gasteiger partial charge in [-0.15, -0.1) is 0 Å². The van der Waals surface area contributed by atoms with Gasteiger partial charge in [0.2, 0.25) is 0 Å². The molecule has 2 aromatic heterocycles. The highest BCUT2D eigenvalue weighted by molar-refractivity contribution is 5.94. The van der Waals surface area contributed by atoms with Crippen LogP contribution in [0.1, 0.15) is 16.8 Å². The van der Waals surface area contributed by atoms with Gasteiger partial charge in [-0.05, 0) is 36.8 Å². The number of anilines is 1. The van der Waals surface area contributed by atoms with Gasteiger partial charge in [-0.25, -0.2) is 4.39 Å². The average molecular weight is 325 g/mol. The number of carboxylic acid groups (broad SMARTS) is 1. The predicted octanol–water partition coefficient (Wildman–Crippen LogP) is 3.32. The van der Waals surface area contributed by atoms with E-state index in [4.69, 9.17) is 0 Å². The van der Waals surface area contributed by atoms with E-state index < -0.39 is 5.97 Å². The zero-order chi connectivity index (χ0) is 17.1. The summed E-state index contributed by atoms with van der Waals surface area (Å²) in [5.41, 5.74) is 3.34. The van der Waals surface area contributed by atoms with E-state index in [9.17, 15) is 14.3 Å². The summed E-state index contributed by atoms with van der Waals surface area (Å²) in [4.78, 5) is 19.7. The Bertz CT molecular complexity index is 898. The largest absolute Gasteiger partial charge is 0.481 e. The Hall–Kier alpha value is -3.02. The maximum absolute atomic E-state index is 13.7. The molecule has 0 unspecified atom stereocenters. The Kier molecular flexibility index (Phi) is 4.37. The summed E-state index contributed by atoms with van der Waals surface area (Å²) >= 11 is 0. The number of aryl methyl sites for hydroxylation is 1. The maximum atomic E-state index is 13.7. The summed E-state index contributed by atoms with van der Waals surface area (Å²) in [5.74, 6) is -1.35. The monoisotopic (exact) mass is 325 g/mol. The number of benzene rings is 1. The van der Waals surface area contributed by atoms with Crippen molar-refractivity contribution >= 4 is 22.6 Å². The van der Waals surface area contributed by atoms with Gasteiger partial charge < -0.3 is 10.4 Å². The van der Waals surface area contributed by atoms with Gasteiger partial charge in [-0.1, -0.05) is 6.07 Å². The van der Waals surface area contributed by atoms with Crippen molar-refractivity contribution in [1.29, 1.82) is 0 Å². The normalized spacial score (nSPS) is 10.8. The Morgan fingerprint density at radius 1 is 1.33 bits per heavy atom. The number of nitrogens with one attached hydrogen (secondary N) is 1. The molecule has 122 valence electrons. The smallest absolute Gasteiger partial charge is 0.307 e. The zero-order valence-electron chi connectivity index (χ0n) is 13.1. The Labute approximate surface area is 138 Å². The number of hydrogen-bond acceptors (Lipinski definition) is 4. The third-order valence-electron chi connectivity index (χ3n) is 3.77. The quantitative estimate of drug-likeness (QED) is 0.753. The number of nitrogens with zero attached hydrogens (tertiary/aromatic N) is 2. The second-order valence-electron chi connectivity index (χ2n) is 5.50. The first-order valence-electron chi connectivity index (χ1n) is 7.48. The van der Waals surface area contributed by atoms with E-state index in [0.29, 0.717) is 34.4 Å². The van der Waals surface area contributed by atoms with Crippen molar-refractivity contribution in [2.75, 3.05) is 5.32 Å². The van der Waals surface area contributed by atoms with Crippen LogP contribution in [0, 0.1) is 12.7 Å². The van der Waals surface area contributed by atoms with Crippen molar-refractivity contribution in [2.24, 2.45) is 0 Å². The number of hydrogen-bond donors (Lipinski definition) is 2. The minimum absolute atomic E-state index is 0.180. The molecule has 24 heavy (non-hydrogen) atoms. The maximum Gasteiger partial charge on any atom is 0.307 e. The summed E-state index contributed by atoms with van der Waals surface area (Å²) in [7, 11) is 0. The van der Waals surface area contributed by atoms with E-state index in [0.717, 1.165) is 5.56 Å². The lowest BCUT2D eigenvalue weighted by Gasteiger charge is -2.16. The van der Waals surface area contributed by atoms with Gasteiger partial charge >= 0.3 is 5.97 Å². The fraction of sp³-hybridized carbons (Fsp3) is 0.167. The van der Waals surface area contributed by atoms with Gasteiger partial charge in [-0.2, -0.15) is 0 Å². The number of carbonyl (C=O) groups is 1. The van der Waals surface area contributed by atoms with Crippen LogP contribution in [-0.4, -0.2) is 21.0 Å². The molecule has 0 aliphatic carbocycles. The minimum Gasteiger partial charge on any atom is -0.481 e. The molecule has 0 fully saturated rings. The molecule has 0 saturated heterocycles. The summed E-state index contributed by atoms with van der Waals surface area (Å²) in [6.07, 6.45) is 3.22. The Balaban J connectivity index is 2.09. The van der Waals surface area contributed by atoms with Crippen LogP contribution in [0.2, 0.25) is 0 Å². The van der Waals surface area contributed by atoms with E-state index in [1.54, 1.807) is 25.4 Å². The molecule has 0 saturated carbocycles. The van der Waals surface area contributed by atoms with Crippen LogP contribution in [0.25, 0.3) is 10.9 Å². The first kappa shape index (κ1) is 15.9. The van der Waals surface area contributed by atoms with Crippen molar-refractivity contribution in [2.45, 2.75) is 19.9 Å². The van der Waals surface area contributed by atoms with Gasteiger partial charge in [0.25, 0.3) is 0 Å². The minimum atomic E-state index is -0.958. The molecule has 0 atom stereocenters. The van der Waals surface area contributed by atoms with Crippen LogP contribution < -0.4 is 5.32 Å². The van der Waals surface area contributed by atoms with E-state index in [1.165, 1.54) is 12.1 Å². The Morgan fingerprint density at radius 2 is 2.17 bits per heavy atom. The molecule has 1 aromatic carbocycles. The van der Waals surface area contributed by atoms with Crippen molar-refractivity contribution in [3.05, 3.63) is 65.4 Å². The molecular formula is C18H16FN3O2. The molecule has 3 aromatic rings. The first-order chi connectivity index (χ1) is 11.5. The van der Waals surface area contributed by atoms with Crippen molar-refractivity contribution < 1.29 is 14.3 Å². The fourth-order valence-corrected chi connectivity index (χ4v) is 2.66. The van der Waals surface area contributed by atoms with Crippen molar-refractivity contribution in [3.8, 4) is 0 Å². The molecule has 3 rings (SSSR count). The van der Waals surface area contributed by atoms with Crippen LogP contribution in [0.3, 0.4) is 0 Å². The summed E-state index contributed by atoms with van der Waals surface area (Å²) in [6, 6.07) is 8.05. The molecular weight excluding hydrogens is 309 g/mol. The number of fused-ring (bicyclic) bond motifs is 1. The molecule has 0 spiro atoms. The average Bonchev–Trinajstić information content (AvgIpc) is 2.56. The van der Waals surface area contributed by atoms with Gasteiger partial charge in [0, 0.05) is 41.3 Å². The van der Waals surface area contributed by atoms with Crippen LogP contribution in [0.15, 0.2) is 42.7 Å². The Morgan fingerprint density at radius 3 is 2.88 bits per heavy atom. The molecule has 0 bridgehead atoms. The van der Waals surface area contributed by atoms with Crippen LogP contribution in [0.5, 0.6) is 0 Å².